The summed E-state index contributed by atoms with van der Waals surface area (Å²) in [4.78, 5) is 2.43. The van der Waals surface area contributed by atoms with E-state index in [1.165, 1.54) is 66.1 Å². The lowest BCUT2D eigenvalue weighted by molar-refractivity contribution is 0.618. The van der Waals surface area contributed by atoms with Gasteiger partial charge in [-0.25, -0.2) is 0 Å². The minimum atomic E-state index is -0.427. The highest BCUT2D eigenvalue weighted by molar-refractivity contribution is 6.17. The van der Waals surface area contributed by atoms with Gasteiger partial charge in [0, 0.05) is 38.9 Å². The van der Waals surface area contributed by atoms with Gasteiger partial charge in [-0.3, -0.25) is 0 Å². The van der Waals surface area contributed by atoms with Gasteiger partial charge in [0.15, 0.2) is 5.58 Å². The molecule has 298 valence electrons. The summed E-state index contributed by atoms with van der Waals surface area (Å²) in [6.45, 7) is 0. The van der Waals surface area contributed by atoms with Crippen molar-refractivity contribution < 1.29 is 4.42 Å². The number of para-hydroxylation sites is 1. The van der Waals surface area contributed by atoms with Crippen LogP contribution in [0, 0.1) is 0 Å². The molecule has 2 heterocycles. The summed E-state index contributed by atoms with van der Waals surface area (Å²) in [6.07, 6.45) is 1.79. The molecule has 3 nitrogen and oxygen atoms in total. The molecular formula is C61H38N2O. The van der Waals surface area contributed by atoms with E-state index >= 15 is 0 Å². The van der Waals surface area contributed by atoms with E-state index in [-0.39, 0.29) is 0 Å². The quantitative estimate of drug-likeness (QED) is 0.173. The molecule has 2 aromatic heterocycles. The van der Waals surface area contributed by atoms with E-state index in [2.05, 4.69) is 228 Å². The molecule has 1 spiro atoms. The molecule has 0 fully saturated rings. The standard InChI is InChI=1S/C61H38N2O/c1-2-12-43-37-46(31-25-39(43)11-1)62(47-32-34-51-50-15-5-9-19-56(50)61(57(51)38-47)54-17-7-3-13-48(54)49-14-4-8-18-55(49)61)44-27-21-40(22-28-44)41-23-29-45(30-24-41)63-58-20-10-6-16-52(58)53-33-26-42-35-36-64-60(42)59(53)63/h1-38H. The van der Waals surface area contributed by atoms with Crippen molar-refractivity contribution in [1.29, 1.82) is 0 Å². The van der Waals surface area contributed by atoms with Crippen molar-refractivity contribution in [2.45, 2.75) is 5.41 Å². The van der Waals surface area contributed by atoms with Gasteiger partial charge in [0.25, 0.3) is 0 Å². The maximum Gasteiger partial charge on any atom is 0.158 e. The summed E-state index contributed by atoms with van der Waals surface area (Å²) < 4.78 is 8.44. The van der Waals surface area contributed by atoms with E-state index in [1.807, 2.05) is 6.07 Å². The van der Waals surface area contributed by atoms with Crippen LogP contribution >= 0.6 is 0 Å². The first-order valence-corrected chi connectivity index (χ1v) is 22.1. The largest absolute Gasteiger partial charge is 0.462 e. The zero-order valence-electron chi connectivity index (χ0n) is 34.7. The number of aromatic nitrogens is 1. The molecule has 0 saturated heterocycles. The first kappa shape index (κ1) is 35.2. The van der Waals surface area contributed by atoms with Gasteiger partial charge < -0.3 is 13.9 Å². The number of hydrogen-bond acceptors (Lipinski definition) is 2. The lowest BCUT2D eigenvalue weighted by atomic mass is 9.70. The highest BCUT2D eigenvalue weighted by Gasteiger charge is 2.51. The Balaban J connectivity index is 0.904. The van der Waals surface area contributed by atoms with Crippen LogP contribution in [0.15, 0.2) is 235 Å². The molecule has 0 radical (unpaired) electrons. The van der Waals surface area contributed by atoms with E-state index in [4.69, 9.17) is 4.42 Å². The Bertz CT molecular complexity index is 3790. The molecule has 0 amide bonds. The van der Waals surface area contributed by atoms with Crippen molar-refractivity contribution in [1.82, 2.24) is 4.57 Å². The van der Waals surface area contributed by atoms with Crippen LogP contribution in [0.4, 0.5) is 17.1 Å². The van der Waals surface area contributed by atoms with Crippen molar-refractivity contribution in [3.63, 3.8) is 0 Å². The average Bonchev–Trinajstić information content (AvgIpc) is 4.12. The summed E-state index contributed by atoms with van der Waals surface area (Å²) in [6, 6.07) is 82.8. The number of benzene rings is 10. The number of fused-ring (bicyclic) bond motifs is 16. The molecule has 2 aliphatic rings. The Morgan fingerprint density at radius 1 is 0.375 bits per heavy atom. The summed E-state index contributed by atoms with van der Waals surface area (Å²) in [5, 5.41) is 5.94. The number of hydrogen-bond donors (Lipinski definition) is 0. The van der Waals surface area contributed by atoms with E-state index < -0.39 is 5.41 Å². The Labute approximate surface area is 370 Å². The lowest BCUT2D eigenvalue weighted by Gasteiger charge is -2.32. The van der Waals surface area contributed by atoms with Crippen molar-refractivity contribution in [2.75, 3.05) is 4.90 Å². The van der Waals surface area contributed by atoms with Crippen molar-refractivity contribution in [2.24, 2.45) is 0 Å². The average molecular weight is 815 g/mol. The van der Waals surface area contributed by atoms with Gasteiger partial charge in [-0.15, -0.1) is 0 Å². The molecular weight excluding hydrogens is 777 g/mol. The van der Waals surface area contributed by atoms with Crippen LogP contribution in [0.3, 0.4) is 0 Å². The molecule has 12 aromatic rings. The highest BCUT2D eigenvalue weighted by atomic mass is 16.3. The zero-order chi connectivity index (χ0) is 41.9. The van der Waals surface area contributed by atoms with Crippen LogP contribution in [0.5, 0.6) is 0 Å². The minimum absolute atomic E-state index is 0.427. The first-order chi connectivity index (χ1) is 31.7. The summed E-state index contributed by atoms with van der Waals surface area (Å²) in [5.41, 5.74) is 20.1. The Kier molecular flexibility index (Phi) is 7.32. The third-order valence-corrected chi connectivity index (χ3v) is 14.1. The zero-order valence-corrected chi connectivity index (χ0v) is 34.7. The van der Waals surface area contributed by atoms with Gasteiger partial charge in [-0.2, -0.15) is 0 Å². The molecule has 2 aliphatic carbocycles. The molecule has 0 saturated carbocycles. The Morgan fingerprint density at radius 3 is 1.64 bits per heavy atom. The molecule has 3 heteroatoms. The third-order valence-electron chi connectivity index (χ3n) is 14.1. The first-order valence-electron chi connectivity index (χ1n) is 22.1. The maximum absolute atomic E-state index is 6.10. The summed E-state index contributed by atoms with van der Waals surface area (Å²) in [5.74, 6) is 0. The predicted molar refractivity (Wildman–Crippen MR) is 264 cm³/mol. The Morgan fingerprint density at radius 2 is 0.922 bits per heavy atom. The van der Waals surface area contributed by atoms with Crippen LogP contribution in [0.2, 0.25) is 0 Å². The Hall–Kier alpha value is -8.40. The van der Waals surface area contributed by atoms with Gasteiger partial charge >= 0.3 is 0 Å². The van der Waals surface area contributed by atoms with Gasteiger partial charge in [-0.1, -0.05) is 164 Å². The fourth-order valence-electron chi connectivity index (χ4n) is 11.3. The smallest absolute Gasteiger partial charge is 0.158 e. The molecule has 14 rings (SSSR count). The molecule has 10 aromatic carbocycles. The SMILES string of the molecule is c1ccc2c(c1)-c1ccccc1C21c2ccccc2-c2ccc(N(c3ccc(-c4ccc(-n5c6ccccc6c6ccc7ccoc7c65)cc4)cc3)c3ccc4ccccc4c3)cc21. The van der Waals surface area contributed by atoms with E-state index in [9.17, 15) is 0 Å². The predicted octanol–water partition coefficient (Wildman–Crippen LogP) is 16.2. The third kappa shape index (κ3) is 4.81. The molecule has 0 bridgehead atoms. The maximum atomic E-state index is 6.10. The molecule has 0 N–H and O–H groups in total. The topological polar surface area (TPSA) is 21.3 Å². The van der Waals surface area contributed by atoms with Gasteiger partial charge in [0.05, 0.1) is 22.7 Å². The van der Waals surface area contributed by atoms with Gasteiger partial charge in [-0.05, 0) is 127 Å². The summed E-state index contributed by atoms with van der Waals surface area (Å²) in [7, 11) is 0. The number of anilines is 3. The second-order valence-corrected chi connectivity index (χ2v) is 17.2. The van der Waals surface area contributed by atoms with Crippen LogP contribution < -0.4 is 4.90 Å². The van der Waals surface area contributed by atoms with Crippen molar-refractivity contribution in [3.8, 4) is 39.1 Å². The van der Waals surface area contributed by atoms with Crippen LogP contribution in [-0.2, 0) is 5.41 Å². The normalized spacial score (nSPS) is 13.1. The fraction of sp³-hybridized carbons (Fsp3) is 0.0164. The van der Waals surface area contributed by atoms with Crippen molar-refractivity contribution >= 4 is 60.6 Å². The fourth-order valence-corrected chi connectivity index (χ4v) is 11.3. The van der Waals surface area contributed by atoms with Crippen LogP contribution in [0.1, 0.15) is 22.3 Å². The second kappa shape index (κ2) is 13.3. The molecule has 64 heavy (non-hydrogen) atoms. The summed E-state index contributed by atoms with van der Waals surface area (Å²) >= 11 is 0. The van der Waals surface area contributed by atoms with Gasteiger partial charge in [0.1, 0.15) is 0 Å². The monoisotopic (exact) mass is 814 g/mol. The van der Waals surface area contributed by atoms with Crippen LogP contribution in [-0.4, -0.2) is 4.57 Å². The number of furan rings is 1. The van der Waals surface area contributed by atoms with E-state index in [0.717, 1.165) is 55.9 Å². The van der Waals surface area contributed by atoms with Gasteiger partial charge in [0.2, 0.25) is 0 Å². The lowest BCUT2D eigenvalue weighted by Crippen LogP contribution is -2.26. The number of nitrogens with zero attached hydrogens (tertiary/aromatic N) is 2. The molecule has 0 unspecified atom stereocenters. The number of rotatable bonds is 5. The van der Waals surface area contributed by atoms with Crippen LogP contribution in [0.25, 0.3) is 82.6 Å². The van der Waals surface area contributed by atoms with E-state index in [1.54, 1.807) is 6.26 Å². The highest BCUT2D eigenvalue weighted by Crippen LogP contribution is 2.63. The van der Waals surface area contributed by atoms with Crippen molar-refractivity contribution in [3.05, 3.63) is 253 Å². The second-order valence-electron chi connectivity index (χ2n) is 17.2. The molecule has 0 aliphatic heterocycles. The molecule has 0 atom stereocenters. The minimum Gasteiger partial charge on any atom is -0.462 e. The van der Waals surface area contributed by atoms with E-state index in [0.29, 0.717) is 0 Å².